The molecule has 3 N–H and O–H groups in total. The van der Waals surface area contributed by atoms with Crippen LogP contribution in [0.4, 0.5) is 70.8 Å². The van der Waals surface area contributed by atoms with E-state index in [-0.39, 0.29) is 73.7 Å². The highest BCUT2D eigenvalue weighted by atomic mass is 19.4. The lowest BCUT2D eigenvalue weighted by molar-refractivity contribution is -0.170. The number of nitrogens with zero attached hydrogens (tertiary/aromatic N) is 10. The molecule has 2 aliphatic rings. The number of aliphatic carboxylic acids is 1. The molecule has 2 unspecified atom stereocenters. The second kappa shape index (κ2) is 34.1. The van der Waals surface area contributed by atoms with Crippen molar-refractivity contribution in [1.82, 2.24) is 29.7 Å². The van der Waals surface area contributed by atoms with E-state index in [2.05, 4.69) is 30.6 Å². The molecular formula is C68H82F6N12O10. The third-order valence-electron chi connectivity index (χ3n) is 15.6. The Kier molecular flexibility index (Phi) is 26.1. The molecule has 4 heterocycles. The molecule has 2 atom stereocenters. The van der Waals surface area contributed by atoms with Crippen LogP contribution in [0.3, 0.4) is 0 Å². The van der Waals surface area contributed by atoms with Crippen molar-refractivity contribution in [2.75, 3.05) is 95.7 Å². The zero-order valence-electron chi connectivity index (χ0n) is 54.8. The van der Waals surface area contributed by atoms with Crippen molar-refractivity contribution in [1.29, 1.82) is 0 Å². The number of nitrogens with one attached hydrogen (secondary N) is 2. The van der Waals surface area contributed by atoms with Crippen LogP contribution in [0.1, 0.15) is 96.4 Å². The Morgan fingerprint density at radius 1 is 0.521 bits per heavy atom. The first-order valence-electron chi connectivity index (χ1n) is 31.9. The normalized spacial score (nSPS) is 13.7. The molecule has 0 aliphatic carbocycles. The molecular weight excluding hydrogens is 1260 g/mol. The molecule has 22 nitrogen and oxygen atoms in total. The number of esters is 1. The highest BCUT2D eigenvalue weighted by Crippen LogP contribution is 2.34. The number of amides is 4. The number of benzene rings is 4. The highest BCUT2D eigenvalue weighted by molar-refractivity contribution is 6.01. The fourth-order valence-corrected chi connectivity index (χ4v) is 10.5. The van der Waals surface area contributed by atoms with Gasteiger partial charge in [-0.2, -0.15) is 36.3 Å². The number of halogens is 6. The first kappa shape index (κ1) is 73.6. The fourth-order valence-electron chi connectivity index (χ4n) is 10.5. The van der Waals surface area contributed by atoms with Gasteiger partial charge in [0, 0.05) is 78.3 Å². The summed E-state index contributed by atoms with van der Waals surface area (Å²) in [4.78, 5) is 102. The van der Waals surface area contributed by atoms with Crippen molar-refractivity contribution in [3.8, 4) is 11.5 Å². The van der Waals surface area contributed by atoms with Crippen LogP contribution in [-0.4, -0.2) is 166 Å². The molecule has 516 valence electrons. The van der Waals surface area contributed by atoms with Crippen molar-refractivity contribution in [2.45, 2.75) is 130 Å². The molecule has 2 aliphatic heterocycles. The van der Waals surface area contributed by atoms with Crippen LogP contribution in [0.2, 0.25) is 0 Å². The molecule has 2 aromatic heterocycles. The maximum absolute atomic E-state index is 14.1. The summed E-state index contributed by atoms with van der Waals surface area (Å²) in [6.45, 7) is 16.3. The number of carbonyl (C=O) groups is 6. The van der Waals surface area contributed by atoms with Gasteiger partial charge in [0.25, 0.3) is 0 Å². The summed E-state index contributed by atoms with van der Waals surface area (Å²) in [6.07, 6.45) is -5.21. The molecule has 4 amide bonds. The minimum atomic E-state index is -5.21. The molecule has 8 rings (SSSR count). The van der Waals surface area contributed by atoms with Gasteiger partial charge in [-0.15, -0.1) is 0 Å². The fraction of sp³-hybridized carbons (Fsp3) is 0.441. The number of hydrogen-bond acceptors (Lipinski definition) is 17. The van der Waals surface area contributed by atoms with E-state index in [1.165, 1.54) is 6.20 Å². The molecule has 6 aromatic rings. The van der Waals surface area contributed by atoms with E-state index in [1.807, 2.05) is 27.7 Å². The average Bonchev–Trinajstić information content (AvgIpc) is 0.880. The number of carboxylic acids is 1. The number of likely N-dealkylation sites (tertiary alicyclic amines) is 2. The van der Waals surface area contributed by atoms with E-state index in [1.54, 1.807) is 150 Å². The van der Waals surface area contributed by atoms with Crippen LogP contribution in [0.25, 0.3) is 0 Å². The first-order valence-corrected chi connectivity index (χ1v) is 31.9. The van der Waals surface area contributed by atoms with Crippen molar-refractivity contribution in [2.24, 2.45) is 0 Å². The van der Waals surface area contributed by atoms with E-state index >= 15 is 0 Å². The maximum Gasteiger partial charge on any atom is 0.471 e. The predicted octanol–water partition coefficient (Wildman–Crippen LogP) is 11.6. The molecule has 2 saturated heterocycles. The van der Waals surface area contributed by atoms with Gasteiger partial charge in [0.2, 0.25) is 11.9 Å². The Morgan fingerprint density at radius 2 is 0.875 bits per heavy atom. The second-order valence-corrected chi connectivity index (χ2v) is 23.6. The average molecular weight is 1340 g/mol. The third kappa shape index (κ3) is 21.4. The largest absolute Gasteiger partial charge is 0.480 e. The molecule has 0 bridgehead atoms. The van der Waals surface area contributed by atoms with Crippen molar-refractivity contribution < 1.29 is 74.4 Å². The molecule has 28 heteroatoms. The van der Waals surface area contributed by atoms with E-state index in [0.29, 0.717) is 90.3 Å². The van der Waals surface area contributed by atoms with Crippen LogP contribution < -0.4 is 39.7 Å². The monoisotopic (exact) mass is 1340 g/mol. The number of ether oxygens (including phenoxy) is 3. The zero-order valence-corrected chi connectivity index (χ0v) is 54.8. The summed E-state index contributed by atoms with van der Waals surface area (Å²) < 4.78 is 100. The smallest absolute Gasteiger partial charge is 0.471 e. The zero-order chi connectivity index (χ0) is 69.7. The van der Waals surface area contributed by atoms with Gasteiger partial charge in [-0.25, -0.2) is 29.1 Å². The molecule has 96 heavy (non-hydrogen) atoms. The van der Waals surface area contributed by atoms with Gasteiger partial charge in [-0.1, -0.05) is 84.9 Å². The summed E-state index contributed by atoms with van der Waals surface area (Å²) in [5.74, 6) is -5.59. The summed E-state index contributed by atoms with van der Waals surface area (Å²) >= 11 is 0. The van der Waals surface area contributed by atoms with Crippen LogP contribution in [0.15, 0.2) is 122 Å². The number of carbonyl (C=O) groups excluding carboxylic acids is 5. The van der Waals surface area contributed by atoms with Crippen LogP contribution in [0.5, 0.6) is 11.5 Å². The summed E-state index contributed by atoms with van der Waals surface area (Å²) in [7, 11) is 0. The molecule has 0 radical (unpaired) electrons. The molecule has 0 spiro atoms. The highest BCUT2D eigenvalue weighted by Gasteiger charge is 2.45. The third-order valence-corrected chi connectivity index (χ3v) is 15.6. The standard InChI is InChI=1S/C36H45F3N6O5.C32H37F3N6O5/c1-6-43(7-2)33-40-24-29(45(32(47)36(37,38)39)22-19-25-13-9-8-10-14-25)30(42-33)41-28(31(46)50-35(3,4)5)23-26-15-17-27(18-16-26)49-34(48)44-20-11-12-21-44;1-3-39(4-2)30-36-21-26(41(29(44)32(33,34)35)19-16-22-10-6-5-7-11-22)27(38-30)37-25(28(42)43)20-23-12-14-24(15-13-23)46-31(45)40-17-8-9-18-40/h8-10,13-18,24,28H,6-7,11-12,19-23H2,1-5H3,(H,40,41,42);5-7,10-15,21,25H,3-4,8-9,16-20H2,1-2H3,(H,42,43)(H,36,37,38). The van der Waals surface area contributed by atoms with Crippen LogP contribution in [-0.2, 0) is 49.6 Å². The number of hydrogen-bond donors (Lipinski definition) is 3. The summed E-state index contributed by atoms with van der Waals surface area (Å²) in [5, 5.41) is 15.9. The Labute approximate surface area is 553 Å². The number of aromatic nitrogens is 4. The minimum Gasteiger partial charge on any atom is -0.480 e. The van der Waals surface area contributed by atoms with Gasteiger partial charge < -0.3 is 49.6 Å². The lowest BCUT2D eigenvalue weighted by Gasteiger charge is -2.29. The van der Waals surface area contributed by atoms with Gasteiger partial charge >= 0.3 is 48.3 Å². The van der Waals surface area contributed by atoms with Gasteiger partial charge in [0.15, 0.2) is 11.6 Å². The first-order chi connectivity index (χ1) is 45.7. The van der Waals surface area contributed by atoms with Gasteiger partial charge in [-0.3, -0.25) is 19.4 Å². The van der Waals surface area contributed by atoms with E-state index < -0.39 is 66.0 Å². The van der Waals surface area contributed by atoms with E-state index in [0.717, 1.165) is 37.4 Å². The van der Waals surface area contributed by atoms with Crippen molar-refractivity contribution >= 4 is 70.8 Å². The quantitative estimate of drug-likeness (QED) is 0.0337. The Hall–Kier alpha value is -9.76. The lowest BCUT2D eigenvalue weighted by atomic mass is 10.0. The molecule has 4 aromatic carbocycles. The van der Waals surface area contributed by atoms with E-state index in [4.69, 9.17) is 14.2 Å². The number of alkyl halides is 6. The van der Waals surface area contributed by atoms with Gasteiger partial charge in [-0.05, 0) is 134 Å². The topological polar surface area (TPSA) is 245 Å². The van der Waals surface area contributed by atoms with Gasteiger partial charge in [0.05, 0.1) is 12.4 Å². The Balaban J connectivity index is 0.000000272. The SMILES string of the molecule is CCN(CC)c1ncc(N(CCc2ccccc2)C(=O)C(F)(F)F)c(NC(Cc2ccc(OC(=O)N3CCCC3)cc2)C(=O)O)n1.CCN(CC)c1ncc(N(CCc2ccccc2)C(=O)C(F)(F)F)c(NC(Cc2ccc(OC(=O)N3CCCC3)cc2)C(=O)OC(C)(C)C)n1. The molecule has 2 fully saturated rings. The van der Waals surface area contributed by atoms with Crippen LogP contribution in [0, 0.1) is 0 Å². The summed E-state index contributed by atoms with van der Waals surface area (Å²) in [6, 6.07) is 27.9. The minimum absolute atomic E-state index is 0.0243. The second-order valence-electron chi connectivity index (χ2n) is 23.6. The molecule has 0 saturated carbocycles. The van der Waals surface area contributed by atoms with Gasteiger partial charge in [0.1, 0.15) is 40.6 Å². The lowest BCUT2D eigenvalue weighted by Crippen LogP contribution is -2.44. The van der Waals surface area contributed by atoms with Crippen LogP contribution >= 0.6 is 0 Å². The maximum atomic E-state index is 14.1. The van der Waals surface area contributed by atoms with E-state index in [9.17, 15) is 60.2 Å². The van der Waals surface area contributed by atoms with Crippen molar-refractivity contribution in [3.63, 3.8) is 0 Å². The number of rotatable bonds is 26. The Bertz CT molecular complexity index is 3530. The predicted molar refractivity (Wildman–Crippen MR) is 351 cm³/mol. The summed E-state index contributed by atoms with van der Waals surface area (Å²) in [5.41, 5.74) is 1.19. The van der Waals surface area contributed by atoms with Crippen molar-refractivity contribution in [3.05, 3.63) is 144 Å². The number of carboxylic acid groups (broad SMARTS) is 1. The number of anilines is 6. The Morgan fingerprint density at radius 3 is 1.21 bits per heavy atom.